The van der Waals surface area contributed by atoms with E-state index in [1.165, 1.54) is 0 Å². The zero-order valence-corrected chi connectivity index (χ0v) is 5.75. The molecule has 0 heterocycles. The zero-order valence-electron chi connectivity index (χ0n) is 4.85. The predicted octanol–water partition coefficient (Wildman–Crippen LogP) is 2.55. The largest absolute Gasteiger partial charge is 0.148 e. The minimum absolute atomic E-state index is 0.913. The van der Waals surface area contributed by atoms with Crippen molar-refractivity contribution >= 4 is 12.6 Å². The Labute approximate surface area is 56.0 Å². The number of hydrogen-bond donors (Lipinski definition) is 1. The van der Waals surface area contributed by atoms with Crippen molar-refractivity contribution in [2.75, 3.05) is 0 Å². The Morgan fingerprint density at radius 2 is 2.38 bits per heavy atom. The summed E-state index contributed by atoms with van der Waals surface area (Å²) < 4.78 is 0. The molecule has 0 aromatic rings. The lowest BCUT2D eigenvalue weighted by Gasteiger charge is -1.87. The van der Waals surface area contributed by atoms with Gasteiger partial charge in [-0.1, -0.05) is 13.2 Å². The minimum Gasteiger partial charge on any atom is -0.148 e. The van der Waals surface area contributed by atoms with Gasteiger partial charge in [0.05, 0.1) is 0 Å². The first-order valence-corrected chi connectivity index (χ1v) is 2.93. The Balaban J connectivity index is 3.18. The average molecular weight is 126 g/mol. The molecule has 0 nitrogen and oxygen atoms in total. The van der Waals surface area contributed by atoms with Crippen molar-refractivity contribution in [2.24, 2.45) is 0 Å². The molecule has 0 bridgehead atoms. The molecule has 0 N–H and O–H groups in total. The van der Waals surface area contributed by atoms with Crippen LogP contribution in [0.3, 0.4) is 0 Å². The van der Waals surface area contributed by atoms with Gasteiger partial charge in [-0.15, -0.1) is 18.4 Å². The Morgan fingerprint density at radius 1 is 1.75 bits per heavy atom. The van der Waals surface area contributed by atoms with E-state index in [0.717, 1.165) is 17.7 Å². The summed E-state index contributed by atoms with van der Waals surface area (Å²) in [5.74, 6) is 0. The molecule has 0 aromatic carbocycles. The van der Waals surface area contributed by atoms with Crippen molar-refractivity contribution in [3.05, 3.63) is 29.9 Å². The first-order valence-electron chi connectivity index (χ1n) is 2.48. The summed E-state index contributed by atoms with van der Waals surface area (Å²) in [6, 6.07) is 0. The molecule has 0 aliphatic carbocycles. The van der Waals surface area contributed by atoms with Crippen LogP contribution in [0.2, 0.25) is 0 Å². The van der Waals surface area contributed by atoms with Crippen molar-refractivity contribution in [2.45, 2.75) is 12.8 Å². The van der Waals surface area contributed by atoms with Gasteiger partial charge in [0.1, 0.15) is 0 Å². The minimum atomic E-state index is 0.913. The van der Waals surface area contributed by atoms with Crippen LogP contribution < -0.4 is 0 Å². The van der Waals surface area contributed by atoms with Gasteiger partial charge in [-0.05, 0) is 23.8 Å². The van der Waals surface area contributed by atoms with E-state index in [9.17, 15) is 0 Å². The number of rotatable bonds is 3. The number of hydrogen-bond acceptors (Lipinski definition) is 1. The lowest BCUT2D eigenvalue weighted by Crippen LogP contribution is -1.65. The molecule has 0 saturated carbocycles. The average Bonchev–Trinajstić information content (AvgIpc) is 1.66. The number of thiol groups is 1. The van der Waals surface area contributed by atoms with Gasteiger partial charge in [-0.3, -0.25) is 0 Å². The van der Waals surface area contributed by atoms with Gasteiger partial charge in [-0.25, -0.2) is 0 Å². The van der Waals surface area contributed by atoms with Crippen molar-refractivity contribution in [3.8, 4) is 0 Å². The molecule has 0 amide bonds. The van der Waals surface area contributed by atoms with Gasteiger partial charge in [0.25, 0.3) is 0 Å². The van der Waals surface area contributed by atoms with E-state index in [1.54, 1.807) is 0 Å². The Morgan fingerprint density at radius 3 is 2.75 bits per heavy atom. The highest BCUT2D eigenvalue weighted by molar-refractivity contribution is 7.84. The molecule has 0 aliphatic heterocycles. The molecule has 0 fully saturated rings. The first kappa shape index (κ1) is 7.61. The van der Waals surface area contributed by atoms with Crippen LogP contribution in [0.25, 0.3) is 0 Å². The van der Waals surface area contributed by atoms with E-state index in [2.05, 4.69) is 31.5 Å². The van der Waals surface area contributed by atoms with Gasteiger partial charge < -0.3 is 0 Å². The maximum absolute atomic E-state index is 4.01. The Kier molecular flexibility index (Phi) is 4.53. The fourth-order valence-electron chi connectivity index (χ4n) is 0.341. The Bertz CT molecular complexity index is 116. The highest BCUT2D eigenvalue weighted by atomic mass is 32.1. The molecule has 1 heteroatoms. The maximum Gasteiger partial charge on any atom is -0.0186 e. The second-order valence-corrected chi connectivity index (χ2v) is 2.15. The van der Waals surface area contributed by atoms with Gasteiger partial charge in [0.15, 0.2) is 0 Å². The molecule has 0 unspecified atom stereocenters. The van der Waals surface area contributed by atoms with Crippen molar-refractivity contribution in [3.63, 3.8) is 0 Å². The van der Waals surface area contributed by atoms with E-state index in [1.807, 2.05) is 6.08 Å². The SMILES string of the molecule is C=C=CCCC(=C)S. The second-order valence-electron chi connectivity index (χ2n) is 1.51. The van der Waals surface area contributed by atoms with Crippen molar-refractivity contribution in [1.29, 1.82) is 0 Å². The normalized spacial score (nSPS) is 7.62. The van der Waals surface area contributed by atoms with E-state index in [0.29, 0.717) is 0 Å². The van der Waals surface area contributed by atoms with Crippen LogP contribution in [0.5, 0.6) is 0 Å². The molecule has 0 atom stereocenters. The van der Waals surface area contributed by atoms with Crippen LogP contribution in [0.1, 0.15) is 12.8 Å². The van der Waals surface area contributed by atoms with Crippen LogP contribution in [0.4, 0.5) is 0 Å². The molecule has 0 spiro atoms. The molecule has 0 saturated heterocycles. The van der Waals surface area contributed by atoms with E-state index in [4.69, 9.17) is 0 Å². The zero-order chi connectivity index (χ0) is 6.41. The summed E-state index contributed by atoms with van der Waals surface area (Å²) in [5, 5.41) is 0. The van der Waals surface area contributed by atoms with Crippen molar-refractivity contribution in [1.82, 2.24) is 0 Å². The fraction of sp³-hybridized carbons (Fsp3) is 0.286. The van der Waals surface area contributed by atoms with Crippen LogP contribution in [-0.4, -0.2) is 0 Å². The first-order chi connectivity index (χ1) is 3.77. The summed E-state index contributed by atoms with van der Waals surface area (Å²) in [5.41, 5.74) is 2.67. The second kappa shape index (κ2) is 4.76. The van der Waals surface area contributed by atoms with Gasteiger partial charge in [0, 0.05) is 0 Å². The van der Waals surface area contributed by atoms with Crippen LogP contribution >= 0.6 is 12.6 Å². The molecular formula is C7H10S. The molecule has 44 valence electrons. The third-order valence-corrected chi connectivity index (χ3v) is 0.945. The third kappa shape index (κ3) is 5.61. The molecule has 8 heavy (non-hydrogen) atoms. The van der Waals surface area contributed by atoms with Gasteiger partial charge >= 0.3 is 0 Å². The molecular weight excluding hydrogens is 116 g/mol. The van der Waals surface area contributed by atoms with Crippen LogP contribution in [0, 0.1) is 0 Å². The summed E-state index contributed by atoms with van der Waals surface area (Å²) >= 11 is 4.01. The summed E-state index contributed by atoms with van der Waals surface area (Å²) in [6.07, 6.45) is 3.75. The summed E-state index contributed by atoms with van der Waals surface area (Å²) in [4.78, 5) is 0.913. The molecule has 0 aliphatic rings. The topological polar surface area (TPSA) is 0 Å². The van der Waals surface area contributed by atoms with E-state index < -0.39 is 0 Å². The van der Waals surface area contributed by atoms with Crippen molar-refractivity contribution < 1.29 is 0 Å². The quantitative estimate of drug-likeness (QED) is 0.436. The predicted molar refractivity (Wildman–Crippen MR) is 41.1 cm³/mol. The standard InChI is InChI=1S/C7H10S/c1-3-4-5-6-7(2)8/h4,8H,1-2,5-6H2. The lowest BCUT2D eigenvalue weighted by atomic mass is 10.3. The fourth-order valence-corrected chi connectivity index (χ4v) is 0.470. The summed E-state index contributed by atoms with van der Waals surface area (Å²) in [7, 11) is 0. The monoisotopic (exact) mass is 126 g/mol. The molecule has 0 radical (unpaired) electrons. The molecule has 0 aromatic heterocycles. The number of allylic oxidation sites excluding steroid dienone is 2. The van der Waals surface area contributed by atoms with Crippen LogP contribution in [0.15, 0.2) is 29.9 Å². The van der Waals surface area contributed by atoms with Gasteiger partial charge in [0.2, 0.25) is 0 Å². The third-order valence-electron chi connectivity index (χ3n) is 0.722. The van der Waals surface area contributed by atoms with Gasteiger partial charge in [-0.2, -0.15) is 0 Å². The highest BCUT2D eigenvalue weighted by Crippen LogP contribution is 2.04. The van der Waals surface area contributed by atoms with Crippen LogP contribution in [-0.2, 0) is 0 Å². The smallest absolute Gasteiger partial charge is 0.0186 e. The van der Waals surface area contributed by atoms with E-state index in [-0.39, 0.29) is 0 Å². The highest BCUT2D eigenvalue weighted by Gasteiger charge is 1.80. The summed E-state index contributed by atoms with van der Waals surface area (Å²) in [6.45, 7) is 7.05. The molecule has 0 rings (SSSR count). The Hall–Kier alpha value is -0.390. The lowest BCUT2D eigenvalue weighted by molar-refractivity contribution is 1.04. The maximum atomic E-state index is 4.01. The van der Waals surface area contributed by atoms with E-state index >= 15 is 0 Å².